The Hall–Kier alpha value is -2.15. The first-order chi connectivity index (χ1) is 12.5. The van der Waals surface area contributed by atoms with Crippen molar-refractivity contribution in [1.82, 2.24) is 10.9 Å². The van der Waals surface area contributed by atoms with Crippen LogP contribution in [0, 0.1) is 29.6 Å². The minimum atomic E-state index is -0.950. The zero-order chi connectivity index (χ0) is 18.4. The number of carboxylic acids is 1. The predicted octanol–water partition coefficient (Wildman–Crippen LogP) is 2.16. The van der Waals surface area contributed by atoms with E-state index in [0.29, 0.717) is 17.9 Å². The van der Waals surface area contributed by atoms with Crippen molar-refractivity contribution in [3.63, 3.8) is 0 Å². The third-order valence-electron chi connectivity index (χ3n) is 5.99. The highest BCUT2D eigenvalue weighted by atomic mass is 32.1. The Morgan fingerprint density at radius 1 is 1.15 bits per heavy atom. The fourth-order valence-electron chi connectivity index (χ4n) is 4.65. The smallest absolute Gasteiger partial charge is 0.307 e. The lowest BCUT2D eigenvalue weighted by atomic mass is 9.82. The summed E-state index contributed by atoms with van der Waals surface area (Å²) in [6.07, 6.45) is 7.46. The SMILES string of the molecule is C[C@@H]1CCc2c(C(=O)NNC(=O)[C@H]3[C@H](C(=O)O)[C@H]4C=C[C@H]3C4)csc2C1. The summed E-state index contributed by atoms with van der Waals surface area (Å²) in [5.74, 6) is -2.54. The van der Waals surface area contributed by atoms with Crippen molar-refractivity contribution in [1.29, 1.82) is 0 Å². The molecule has 0 aliphatic heterocycles. The number of allylic oxidation sites excluding steroid dienone is 2. The highest BCUT2D eigenvalue weighted by Crippen LogP contribution is 2.48. The maximum atomic E-state index is 12.5. The van der Waals surface area contributed by atoms with Crippen LogP contribution in [0.4, 0.5) is 0 Å². The summed E-state index contributed by atoms with van der Waals surface area (Å²) in [7, 11) is 0. The van der Waals surface area contributed by atoms with Gasteiger partial charge in [0.25, 0.3) is 5.91 Å². The molecule has 0 radical (unpaired) electrons. The summed E-state index contributed by atoms with van der Waals surface area (Å²) in [4.78, 5) is 37.8. The molecule has 1 saturated carbocycles. The Labute approximate surface area is 155 Å². The molecule has 7 heteroatoms. The van der Waals surface area contributed by atoms with Gasteiger partial charge in [-0.15, -0.1) is 11.3 Å². The molecule has 2 amide bonds. The van der Waals surface area contributed by atoms with Crippen molar-refractivity contribution in [2.24, 2.45) is 29.6 Å². The Bertz CT molecular complexity index is 799. The first kappa shape index (κ1) is 17.3. The van der Waals surface area contributed by atoms with Gasteiger partial charge in [0.1, 0.15) is 0 Å². The molecular formula is C19H22N2O4S. The summed E-state index contributed by atoms with van der Waals surface area (Å²) in [6.45, 7) is 2.21. The number of rotatable bonds is 3. The van der Waals surface area contributed by atoms with E-state index in [9.17, 15) is 19.5 Å². The molecule has 3 aliphatic rings. The van der Waals surface area contributed by atoms with E-state index in [0.717, 1.165) is 24.8 Å². The summed E-state index contributed by atoms with van der Waals surface area (Å²) < 4.78 is 0. The van der Waals surface area contributed by atoms with Gasteiger partial charge in [-0.05, 0) is 49.0 Å². The molecule has 3 N–H and O–H groups in total. The third-order valence-corrected chi connectivity index (χ3v) is 7.04. The summed E-state index contributed by atoms with van der Waals surface area (Å²) in [5.41, 5.74) is 6.67. The molecule has 2 bridgehead atoms. The van der Waals surface area contributed by atoms with Crippen LogP contribution in [0.5, 0.6) is 0 Å². The number of carbonyl (C=O) groups excluding carboxylic acids is 2. The number of nitrogens with one attached hydrogen (secondary N) is 2. The lowest BCUT2D eigenvalue weighted by molar-refractivity contribution is -0.148. The van der Waals surface area contributed by atoms with Crippen LogP contribution in [-0.4, -0.2) is 22.9 Å². The third kappa shape index (κ3) is 2.84. The molecule has 0 saturated heterocycles. The largest absolute Gasteiger partial charge is 0.481 e. The number of hydrogen-bond donors (Lipinski definition) is 3. The van der Waals surface area contributed by atoms with Gasteiger partial charge in [-0.2, -0.15) is 0 Å². The highest BCUT2D eigenvalue weighted by Gasteiger charge is 2.51. The van der Waals surface area contributed by atoms with Crippen LogP contribution in [-0.2, 0) is 22.4 Å². The van der Waals surface area contributed by atoms with E-state index < -0.39 is 23.7 Å². The van der Waals surface area contributed by atoms with Gasteiger partial charge in [0.15, 0.2) is 0 Å². The van der Waals surface area contributed by atoms with E-state index in [1.54, 1.807) is 11.3 Å². The molecular weight excluding hydrogens is 352 g/mol. The maximum absolute atomic E-state index is 12.5. The number of hydrazine groups is 1. The van der Waals surface area contributed by atoms with E-state index in [1.807, 2.05) is 17.5 Å². The molecule has 138 valence electrons. The van der Waals surface area contributed by atoms with E-state index >= 15 is 0 Å². The standard InChI is InChI=1S/C19H22N2O4S/c1-9-2-5-12-13(8-26-14(12)6-9)17(22)20-21-18(23)15-10-3-4-11(7-10)16(15)19(24)25/h3-4,8-11,15-16H,2,5-7H2,1H3,(H,20,22)(H,21,23)(H,24,25)/t9-,10+,11+,15-,16-/m1/s1. The Morgan fingerprint density at radius 2 is 1.88 bits per heavy atom. The average Bonchev–Trinajstić information content (AvgIpc) is 3.32. The van der Waals surface area contributed by atoms with Gasteiger partial charge in [0.2, 0.25) is 5.91 Å². The number of amides is 2. The van der Waals surface area contributed by atoms with Gasteiger partial charge in [-0.1, -0.05) is 19.1 Å². The second-order valence-corrected chi connectivity index (χ2v) is 8.64. The summed E-state index contributed by atoms with van der Waals surface area (Å²) >= 11 is 1.60. The minimum absolute atomic E-state index is 0.0617. The second-order valence-electron chi connectivity index (χ2n) is 7.68. The topological polar surface area (TPSA) is 95.5 Å². The molecule has 1 aromatic heterocycles. The van der Waals surface area contributed by atoms with Gasteiger partial charge in [0.05, 0.1) is 17.4 Å². The lowest BCUT2D eigenvalue weighted by Crippen LogP contribution is -2.48. The van der Waals surface area contributed by atoms with Crippen LogP contribution in [0.15, 0.2) is 17.5 Å². The van der Waals surface area contributed by atoms with Crippen molar-refractivity contribution in [2.75, 3.05) is 0 Å². The summed E-state index contributed by atoms with van der Waals surface area (Å²) in [5, 5.41) is 11.3. The van der Waals surface area contributed by atoms with Crippen molar-refractivity contribution in [3.05, 3.63) is 33.5 Å². The molecule has 3 aliphatic carbocycles. The van der Waals surface area contributed by atoms with Crippen LogP contribution in [0.1, 0.15) is 40.6 Å². The number of aliphatic carboxylic acids is 1. The molecule has 1 aromatic rings. The quantitative estimate of drug-likeness (QED) is 0.558. The van der Waals surface area contributed by atoms with E-state index in [-0.39, 0.29) is 17.7 Å². The van der Waals surface area contributed by atoms with Crippen LogP contribution in [0.2, 0.25) is 0 Å². The van der Waals surface area contributed by atoms with Gasteiger partial charge in [0, 0.05) is 10.3 Å². The molecule has 5 atom stereocenters. The average molecular weight is 374 g/mol. The number of thiophene rings is 1. The van der Waals surface area contributed by atoms with E-state index in [2.05, 4.69) is 17.8 Å². The number of fused-ring (bicyclic) bond motifs is 3. The first-order valence-corrected chi connectivity index (χ1v) is 9.94. The molecule has 0 aromatic carbocycles. The maximum Gasteiger partial charge on any atom is 0.307 e. The monoisotopic (exact) mass is 374 g/mol. The molecule has 4 rings (SSSR count). The van der Waals surface area contributed by atoms with Gasteiger partial charge in [-0.25, -0.2) is 0 Å². The first-order valence-electron chi connectivity index (χ1n) is 9.06. The van der Waals surface area contributed by atoms with Gasteiger partial charge in [-0.3, -0.25) is 25.2 Å². The minimum Gasteiger partial charge on any atom is -0.481 e. The van der Waals surface area contributed by atoms with Gasteiger partial charge < -0.3 is 5.11 Å². The summed E-state index contributed by atoms with van der Waals surface area (Å²) in [6, 6.07) is 0. The molecule has 1 heterocycles. The van der Waals surface area contributed by atoms with Crippen molar-refractivity contribution in [3.8, 4) is 0 Å². The predicted molar refractivity (Wildman–Crippen MR) is 96.5 cm³/mol. The number of hydrogen-bond acceptors (Lipinski definition) is 4. The van der Waals surface area contributed by atoms with Crippen molar-refractivity contribution >= 4 is 29.1 Å². The molecule has 26 heavy (non-hydrogen) atoms. The fraction of sp³-hybridized carbons (Fsp3) is 0.526. The number of carboxylic acid groups (broad SMARTS) is 1. The molecule has 1 fully saturated rings. The number of carbonyl (C=O) groups is 3. The Balaban J connectivity index is 1.41. The van der Waals surface area contributed by atoms with Crippen LogP contribution < -0.4 is 10.9 Å². The van der Waals surface area contributed by atoms with E-state index in [1.165, 1.54) is 4.88 Å². The van der Waals surface area contributed by atoms with Crippen molar-refractivity contribution < 1.29 is 19.5 Å². The molecule has 0 unspecified atom stereocenters. The van der Waals surface area contributed by atoms with Crippen molar-refractivity contribution in [2.45, 2.75) is 32.6 Å². The zero-order valence-corrected chi connectivity index (χ0v) is 15.3. The molecule has 0 spiro atoms. The Kier molecular flexibility index (Phi) is 4.34. The second kappa shape index (κ2) is 6.54. The van der Waals surface area contributed by atoms with Gasteiger partial charge >= 0.3 is 5.97 Å². The normalized spacial score (nSPS) is 31.5. The fourth-order valence-corrected chi connectivity index (χ4v) is 5.90. The lowest BCUT2D eigenvalue weighted by Gasteiger charge is -2.24. The van der Waals surface area contributed by atoms with E-state index in [4.69, 9.17) is 0 Å². The zero-order valence-electron chi connectivity index (χ0n) is 14.5. The van der Waals surface area contributed by atoms with Crippen LogP contribution in [0.25, 0.3) is 0 Å². The highest BCUT2D eigenvalue weighted by molar-refractivity contribution is 7.10. The molecule has 6 nitrogen and oxygen atoms in total. The Morgan fingerprint density at radius 3 is 2.62 bits per heavy atom. The van der Waals surface area contributed by atoms with Crippen LogP contribution >= 0.6 is 11.3 Å². The van der Waals surface area contributed by atoms with Crippen LogP contribution in [0.3, 0.4) is 0 Å².